The van der Waals surface area contributed by atoms with E-state index in [0.717, 1.165) is 26.1 Å². The molecule has 1 aliphatic heterocycles. The summed E-state index contributed by atoms with van der Waals surface area (Å²) in [6.45, 7) is 7.77. The van der Waals surface area contributed by atoms with Gasteiger partial charge in [0.25, 0.3) is 0 Å². The van der Waals surface area contributed by atoms with E-state index in [4.69, 9.17) is 9.84 Å². The fourth-order valence-electron chi connectivity index (χ4n) is 2.61. The van der Waals surface area contributed by atoms with Crippen LogP contribution >= 0.6 is 0 Å². The molecule has 2 N–H and O–H groups in total. The van der Waals surface area contributed by atoms with E-state index in [0.29, 0.717) is 12.5 Å². The summed E-state index contributed by atoms with van der Waals surface area (Å²) in [7, 11) is 1.44. The zero-order valence-electron chi connectivity index (χ0n) is 11.7. The van der Waals surface area contributed by atoms with Crippen LogP contribution in [0.1, 0.15) is 20.3 Å². The van der Waals surface area contributed by atoms with Crippen molar-refractivity contribution in [3.63, 3.8) is 0 Å². The van der Waals surface area contributed by atoms with Crippen LogP contribution in [0, 0.1) is 11.8 Å². The maximum Gasteiger partial charge on any atom is 0.310 e. The van der Waals surface area contributed by atoms with E-state index in [1.165, 1.54) is 7.11 Å². The van der Waals surface area contributed by atoms with Gasteiger partial charge >= 0.3 is 5.97 Å². The number of hydrogen-bond donors (Lipinski definition) is 2. The van der Waals surface area contributed by atoms with E-state index < -0.39 is 0 Å². The summed E-state index contributed by atoms with van der Waals surface area (Å²) in [6, 6.07) is 0.258. The number of carbonyl (C=O) groups is 1. The van der Waals surface area contributed by atoms with Gasteiger partial charge in [0.05, 0.1) is 19.6 Å². The highest BCUT2D eigenvalue weighted by Crippen LogP contribution is 2.19. The topological polar surface area (TPSA) is 61.8 Å². The van der Waals surface area contributed by atoms with Gasteiger partial charge in [0.2, 0.25) is 0 Å². The van der Waals surface area contributed by atoms with Gasteiger partial charge in [0, 0.05) is 32.2 Å². The molecule has 0 saturated carbocycles. The number of likely N-dealkylation sites (tertiary alicyclic amines) is 1. The highest BCUT2D eigenvalue weighted by atomic mass is 16.5. The largest absolute Gasteiger partial charge is 0.469 e. The molecule has 18 heavy (non-hydrogen) atoms. The third-order valence-electron chi connectivity index (χ3n) is 3.23. The molecule has 0 radical (unpaired) electrons. The number of aliphatic hydroxyl groups is 1. The fourth-order valence-corrected chi connectivity index (χ4v) is 2.61. The second-order valence-electron chi connectivity index (χ2n) is 5.44. The minimum atomic E-state index is -0.126. The van der Waals surface area contributed by atoms with Gasteiger partial charge in [-0.15, -0.1) is 0 Å². The van der Waals surface area contributed by atoms with Crippen molar-refractivity contribution >= 4 is 5.97 Å². The Balaban J connectivity index is 2.56. The molecule has 0 spiro atoms. The van der Waals surface area contributed by atoms with E-state index in [-0.39, 0.29) is 24.5 Å². The normalized spacial score (nSPS) is 25.4. The molecule has 5 nitrogen and oxygen atoms in total. The first kappa shape index (κ1) is 15.4. The Labute approximate surface area is 109 Å². The third-order valence-corrected chi connectivity index (χ3v) is 3.23. The molecule has 1 heterocycles. The molecule has 1 saturated heterocycles. The molecule has 0 aromatic heterocycles. The molecule has 0 bridgehead atoms. The summed E-state index contributed by atoms with van der Waals surface area (Å²) in [5.74, 6) is 0.401. The van der Waals surface area contributed by atoms with Crippen molar-refractivity contribution in [1.82, 2.24) is 10.2 Å². The Bertz CT molecular complexity index is 259. The first-order valence-electron chi connectivity index (χ1n) is 6.71. The number of ether oxygens (including phenoxy) is 1. The van der Waals surface area contributed by atoms with Gasteiger partial charge in [0.1, 0.15) is 0 Å². The highest BCUT2D eigenvalue weighted by Gasteiger charge is 2.31. The van der Waals surface area contributed by atoms with Crippen molar-refractivity contribution in [3.8, 4) is 0 Å². The third kappa shape index (κ3) is 4.92. The SMILES string of the molecule is COC(=O)C1CC(NCCO)CN(CC(C)C)C1. The van der Waals surface area contributed by atoms with Crippen LogP contribution in [0.4, 0.5) is 0 Å². The lowest BCUT2D eigenvalue weighted by atomic mass is 9.93. The smallest absolute Gasteiger partial charge is 0.310 e. The first-order valence-corrected chi connectivity index (χ1v) is 6.71. The number of rotatable bonds is 6. The number of aliphatic hydroxyl groups excluding tert-OH is 1. The molecule has 1 fully saturated rings. The Morgan fingerprint density at radius 1 is 1.50 bits per heavy atom. The van der Waals surface area contributed by atoms with Crippen molar-refractivity contribution in [3.05, 3.63) is 0 Å². The lowest BCUT2D eigenvalue weighted by molar-refractivity contribution is -0.147. The lowest BCUT2D eigenvalue weighted by Crippen LogP contribution is -2.52. The van der Waals surface area contributed by atoms with Crippen molar-refractivity contribution in [1.29, 1.82) is 0 Å². The van der Waals surface area contributed by atoms with Crippen molar-refractivity contribution in [2.75, 3.05) is 39.9 Å². The minimum Gasteiger partial charge on any atom is -0.469 e. The molecule has 0 aliphatic carbocycles. The zero-order valence-corrected chi connectivity index (χ0v) is 11.7. The Morgan fingerprint density at radius 3 is 2.78 bits per heavy atom. The lowest BCUT2D eigenvalue weighted by Gasteiger charge is -2.37. The highest BCUT2D eigenvalue weighted by molar-refractivity contribution is 5.72. The van der Waals surface area contributed by atoms with Crippen molar-refractivity contribution < 1.29 is 14.6 Å². The number of piperidine rings is 1. The second kappa shape index (κ2) is 7.71. The maximum absolute atomic E-state index is 11.7. The summed E-state index contributed by atoms with van der Waals surface area (Å²) in [5, 5.41) is 12.1. The molecule has 2 atom stereocenters. The average Bonchev–Trinajstić information content (AvgIpc) is 2.34. The fraction of sp³-hybridized carbons (Fsp3) is 0.923. The van der Waals surface area contributed by atoms with Crippen LogP contribution in [0.15, 0.2) is 0 Å². The molecule has 0 aromatic rings. The Morgan fingerprint density at radius 2 is 2.22 bits per heavy atom. The van der Waals surface area contributed by atoms with Gasteiger partial charge in [0.15, 0.2) is 0 Å². The summed E-state index contributed by atoms with van der Waals surface area (Å²) in [5.41, 5.74) is 0. The standard InChI is InChI=1S/C13H26N2O3/c1-10(2)7-15-8-11(13(17)18-3)6-12(9-15)14-4-5-16/h10-12,14,16H,4-9H2,1-3H3. The average molecular weight is 258 g/mol. The molecule has 0 amide bonds. The minimum absolute atomic E-state index is 0.0568. The number of methoxy groups -OCH3 is 1. The van der Waals surface area contributed by atoms with Gasteiger partial charge in [-0.3, -0.25) is 4.79 Å². The van der Waals surface area contributed by atoms with Crippen LogP contribution in [0.5, 0.6) is 0 Å². The van der Waals surface area contributed by atoms with Gasteiger partial charge in [-0.1, -0.05) is 13.8 Å². The molecule has 1 aliphatic rings. The predicted octanol–water partition coefficient (Wildman–Crippen LogP) is 0.0878. The number of esters is 1. The van der Waals surface area contributed by atoms with Crippen LogP contribution in [0.25, 0.3) is 0 Å². The Hall–Kier alpha value is -0.650. The van der Waals surface area contributed by atoms with Gasteiger partial charge < -0.3 is 20.1 Å². The monoisotopic (exact) mass is 258 g/mol. The molecule has 106 valence electrons. The molecule has 0 aromatic carbocycles. The Kier molecular flexibility index (Phi) is 6.60. The van der Waals surface area contributed by atoms with Crippen LogP contribution in [-0.2, 0) is 9.53 Å². The maximum atomic E-state index is 11.7. The molecule has 2 unspecified atom stereocenters. The molecule has 1 rings (SSSR count). The van der Waals surface area contributed by atoms with Crippen LogP contribution in [0.3, 0.4) is 0 Å². The number of hydrogen-bond acceptors (Lipinski definition) is 5. The molecular weight excluding hydrogens is 232 g/mol. The quantitative estimate of drug-likeness (QED) is 0.661. The first-order chi connectivity index (χ1) is 8.56. The van der Waals surface area contributed by atoms with Gasteiger partial charge in [-0.05, 0) is 12.3 Å². The summed E-state index contributed by atoms with van der Waals surface area (Å²) in [6.07, 6.45) is 0.793. The van der Waals surface area contributed by atoms with Crippen LogP contribution in [0.2, 0.25) is 0 Å². The summed E-state index contributed by atoms with van der Waals surface area (Å²) in [4.78, 5) is 14.0. The summed E-state index contributed by atoms with van der Waals surface area (Å²) < 4.78 is 4.85. The van der Waals surface area contributed by atoms with Crippen molar-refractivity contribution in [2.45, 2.75) is 26.3 Å². The van der Waals surface area contributed by atoms with Crippen LogP contribution in [-0.4, -0.2) is 61.9 Å². The van der Waals surface area contributed by atoms with E-state index in [1.807, 2.05) is 0 Å². The second-order valence-corrected chi connectivity index (χ2v) is 5.44. The number of nitrogens with zero attached hydrogens (tertiary/aromatic N) is 1. The van der Waals surface area contributed by atoms with Crippen molar-refractivity contribution in [2.24, 2.45) is 11.8 Å². The molecular formula is C13H26N2O3. The van der Waals surface area contributed by atoms with E-state index >= 15 is 0 Å². The van der Waals surface area contributed by atoms with E-state index in [1.54, 1.807) is 0 Å². The number of nitrogens with one attached hydrogen (secondary N) is 1. The van der Waals surface area contributed by atoms with Gasteiger partial charge in [-0.2, -0.15) is 0 Å². The summed E-state index contributed by atoms with van der Waals surface area (Å²) >= 11 is 0. The molecule has 5 heteroatoms. The predicted molar refractivity (Wildman–Crippen MR) is 70.3 cm³/mol. The number of carbonyl (C=O) groups excluding carboxylic acids is 1. The van der Waals surface area contributed by atoms with Crippen LogP contribution < -0.4 is 5.32 Å². The zero-order chi connectivity index (χ0) is 13.5. The van der Waals surface area contributed by atoms with Gasteiger partial charge in [-0.25, -0.2) is 0 Å². The van der Waals surface area contributed by atoms with E-state index in [2.05, 4.69) is 24.1 Å². The van der Waals surface area contributed by atoms with E-state index in [9.17, 15) is 4.79 Å².